The van der Waals surface area contributed by atoms with E-state index in [1.807, 2.05) is 0 Å². The number of hydrogen-bond acceptors (Lipinski definition) is 6. The molecule has 0 aromatic heterocycles. The van der Waals surface area contributed by atoms with Gasteiger partial charge in [-0.3, -0.25) is 14.8 Å². The lowest BCUT2D eigenvalue weighted by atomic mass is 10.1. The minimum atomic E-state index is -4.20. The van der Waals surface area contributed by atoms with Crippen molar-refractivity contribution in [3.8, 4) is 0 Å². The van der Waals surface area contributed by atoms with E-state index in [9.17, 15) is 26.9 Å². The summed E-state index contributed by atoms with van der Waals surface area (Å²) in [5.74, 6) is 0. The molecule has 2 aromatic carbocycles. The summed E-state index contributed by atoms with van der Waals surface area (Å²) in [7, 11) is -8.00. The number of aryl methyl sites for hydroxylation is 2. The number of benzene rings is 2. The van der Waals surface area contributed by atoms with E-state index in [1.165, 1.54) is 35.5 Å². The standard InChI is InChI=1S/C19H25N3O6S2/c1-6-21(7-2)30(27,28)17-10-14(4)15(5)18(12-17)20-29(25,26)19-11-16(22(23)24)9-8-13(19)3/h8-12,20H,6-7H2,1-5H3. The van der Waals surface area contributed by atoms with Gasteiger partial charge in [-0.2, -0.15) is 4.31 Å². The third-order valence-electron chi connectivity index (χ3n) is 4.90. The van der Waals surface area contributed by atoms with Gasteiger partial charge >= 0.3 is 0 Å². The van der Waals surface area contributed by atoms with Crippen LogP contribution in [0.2, 0.25) is 0 Å². The Kier molecular flexibility index (Phi) is 6.90. The normalized spacial score (nSPS) is 12.2. The summed E-state index contributed by atoms with van der Waals surface area (Å²) in [6.07, 6.45) is 0. The van der Waals surface area contributed by atoms with E-state index >= 15 is 0 Å². The van der Waals surface area contributed by atoms with Gasteiger partial charge in [0.25, 0.3) is 15.7 Å². The zero-order chi connectivity index (χ0) is 22.9. The quantitative estimate of drug-likeness (QED) is 0.480. The van der Waals surface area contributed by atoms with E-state index < -0.39 is 25.0 Å². The van der Waals surface area contributed by atoms with Gasteiger partial charge in [0.15, 0.2) is 0 Å². The van der Waals surface area contributed by atoms with Crippen LogP contribution in [0.5, 0.6) is 0 Å². The fourth-order valence-corrected chi connectivity index (χ4v) is 5.94. The average molecular weight is 456 g/mol. The van der Waals surface area contributed by atoms with Crippen molar-refractivity contribution < 1.29 is 21.8 Å². The van der Waals surface area contributed by atoms with Crippen molar-refractivity contribution in [2.45, 2.75) is 44.4 Å². The summed E-state index contributed by atoms with van der Waals surface area (Å²) in [6.45, 7) is 8.87. The summed E-state index contributed by atoms with van der Waals surface area (Å²) >= 11 is 0. The van der Waals surface area contributed by atoms with Crippen LogP contribution in [-0.4, -0.2) is 39.2 Å². The highest BCUT2D eigenvalue weighted by molar-refractivity contribution is 7.92. The Morgan fingerprint density at radius 2 is 1.57 bits per heavy atom. The Morgan fingerprint density at radius 1 is 0.967 bits per heavy atom. The molecule has 0 unspecified atom stereocenters. The van der Waals surface area contributed by atoms with Gasteiger partial charge in [-0.1, -0.05) is 19.9 Å². The van der Waals surface area contributed by atoms with Crippen molar-refractivity contribution in [1.29, 1.82) is 0 Å². The first-order chi connectivity index (χ1) is 13.8. The highest BCUT2D eigenvalue weighted by Crippen LogP contribution is 2.29. The molecule has 0 saturated carbocycles. The molecule has 0 heterocycles. The van der Waals surface area contributed by atoms with Gasteiger partial charge in [-0.15, -0.1) is 0 Å². The van der Waals surface area contributed by atoms with Gasteiger partial charge in [0.05, 0.1) is 20.4 Å². The minimum absolute atomic E-state index is 0.0252. The second-order valence-corrected chi connectivity index (χ2v) is 10.4. The molecule has 0 atom stereocenters. The van der Waals surface area contributed by atoms with Gasteiger partial charge in [0, 0.05) is 25.2 Å². The maximum absolute atomic E-state index is 13.0. The number of anilines is 1. The van der Waals surface area contributed by atoms with Crippen LogP contribution in [0.3, 0.4) is 0 Å². The van der Waals surface area contributed by atoms with Crippen LogP contribution in [0.25, 0.3) is 0 Å². The molecule has 0 fully saturated rings. The molecule has 2 aromatic rings. The molecular weight excluding hydrogens is 430 g/mol. The van der Waals surface area contributed by atoms with Crippen molar-refractivity contribution in [2.75, 3.05) is 17.8 Å². The Hall–Kier alpha value is -2.50. The van der Waals surface area contributed by atoms with E-state index in [0.717, 1.165) is 6.07 Å². The van der Waals surface area contributed by atoms with Crippen molar-refractivity contribution in [1.82, 2.24) is 4.31 Å². The number of sulfonamides is 2. The second kappa shape index (κ2) is 8.70. The highest BCUT2D eigenvalue weighted by atomic mass is 32.2. The van der Waals surface area contributed by atoms with Crippen LogP contribution < -0.4 is 4.72 Å². The third kappa shape index (κ3) is 4.63. The molecule has 0 radical (unpaired) electrons. The SMILES string of the molecule is CCN(CC)S(=O)(=O)c1cc(C)c(C)c(NS(=O)(=O)c2cc([N+](=O)[O-])ccc2C)c1. The maximum atomic E-state index is 13.0. The van der Waals surface area contributed by atoms with E-state index in [4.69, 9.17) is 0 Å². The molecule has 2 rings (SSSR count). The fourth-order valence-electron chi connectivity index (χ4n) is 2.99. The predicted octanol–water partition coefficient (Wildman–Crippen LogP) is 3.35. The molecule has 11 heteroatoms. The van der Waals surface area contributed by atoms with Crippen LogP contribution >= 0.6 is 0 Å². The van der Waals surface area contributed by atoms with Crippen molar-refractivity contribution in [3.05, 3.63) is 57.1 Å². The van der Waals surface area contributed by atoms with E-state index in [0.29, 0.717) is 16.7 Å². The van der Waals surface area contributed by atoms with Crippen LogP contribution in [0.1, 0.15) is 30.5 Å². The van der Waals surface area contributed by atoms with E-state index in [2.05, 4.69) is 4.72 Å². The third-order valence-corrected chi connectivity index (χ3v) is 8.44. The lowest BCUT2D eigenvalue weighted by Crippen LogP contribution is -2.30. The first-order valence-corrected chi connectivity index (χ1v) is 12.2. The number of hydrogen-bond donors (Lipinski definition) is 1. The summed E-state index contributed by atoms with van der Waals surface area (Å²) < 4.78 is 55.4. The number of nitrogens with one attached hydrogen (secondary N) is 1. The van der Waals surface area contributed by atoms with Crippen molar-refractivity contribution >= 4 is 31.4 Å². The largest absolute Gasteiger partial charge is 0.279 e. The van der Waals surface area contributed by atoms with Crippen LogP contribution in [0.4, 0.5) is 11.4 Å². The Labute approximate surface area is 177 Å². The van der Waals surface area contributed by atoms with Crippen LogP contribution in [0, 0.1) is 30.9 Å². The minimum Gasteiger partial charge on any atom is -0.279 e. The van der Waals surface area contributed by atoms with Gasteiger partial charge in [-0.25, -0.2) is 16.8 Å². The highest BCUT2D eigenvalue weighted by Gasteiger charge is 2.26. The topological polar surface area (TPSA) is 127 Å². The Bertz CT molecular complexity index is 1190. The molecule has 0 amide bonds. The number of rotatable bonds is 8. The smallest absolute Gasteiger partial charge is 0.270 e. The average Bonchev–Trinajstić information content (AvgIpc) is 2.65. The van der Waals surface area contributed by atoms with Crippen LogP contribution in [0.15, 0.2) is 40.1 Å². The zero-order valence-corrected chi connectivity index (χ0v) is 19.1. The zero-order valence-electron chi connectivity index (χ0n) is 17.5. The van der Waals surface area contributed by atoms with E-state index in [1.54, 1.807) is 27.7 Å². The molecule has 164 valence electrons. The van der Waals surface area contributed by atoms with Gasteiger partial charge in [0.1, 0.15) is 0 Å². The van der Waals surface area contributed by atoms with Crippen molar-refractivity contribution in [3.63, 3.8) is 0 Å². The summed E-state index contributed by atoms with van der Waals surface area (Å²) in [5, 5.41) is 11.0. The molecule has 0 saturated heterocycles. The molecule has 0 aliphatic carbocycles. The summed E-state index contributed by atoms with van der Waals surface area (Å²) in [4.78, 5) is 10.1. The Morgan fingerprint density at radius 3 is 2.10 bits per heavy atom. The van der Waals surface area contributed by atoms with Crippen molar-refractivity contribution in [2.24, 2.45) is 0 Å². The van der Waals surface area contributed by atoms with Gasteiger partial charge in [0.2, 0.25) is 10.0 Å². The second-order valence-electron chi connectivity index (χ2n) is 6.81. The predicted molar refractivity (Wildman–Crippen MR) is 115 cm³/mol. The first-order valence-electron chi connectivity index (χ1n) is 9.24. The number of nitro groups is 1. The molecular formula is C19H25N3O6S2. The lowest BCUT2D eigenvalue weighted by molar-refractivity contribution is -0.385. The number of nitro benzene ring substituents is 1. The first kappa shape index (κ1) is 23.8. The lowest BCUT2D eigenvalue weighted by Gasteiger charge is -2.21. The maximum Gasteiger partial charge on any atom is 0.270 e. The molecule has 1 N–H and O–H groups in total. The van der Waals surface area contributed by atoms with Crippen LogP contribution in [-0.2, 0) is 20.0 Å². The molecule has 0 aliphatic rings. The van der Waals surface area contributed by atoms with Gasteiger partial charge in [-0.05, 0) is 49.6 Å². The number of nitrogens with zero attached hydrogens (tertiary/aromatic N) is 2. The monoisotopic (exact) mass is 455 g/mol. The molecule has 0 bridgehead atoms. The number of non-ortho nitro benzene ring substituents is 1. The fraction of sp³-hybridized carbons (Fsp3) is 0.368. The Balaban J connectivity index is 2.60. The summed E-state index contributed by atoms with van der Waals surface area (Å²) in [6, 6.07) is 6.34. The van der Waals surface area contributed by atoms with Gasteiger partial charge < -0.3 is 0 Å². The molecule has 9 nitrogen and oxygen atoms in total. The molecule has 0 aliphatic heterocycles. The molecule has 0 spiro atoms. The summed E-state index contributed by atoms with van der Waals surface area (Å²) in [5.41, 5.74) is 1.23. The van der Waals surface area contributed by atoms with E-state index in [-0.39, 0.29) is 34.3 Å². The molecule has 30 heavy (non-hydrogen) atoms.